The number of ether oxygens (including phenoxy) is 2. The molecule has 1 N–H and O–H groups in total. The van der Waals surface area contributed by atoms with Gasteiger partial charge in [0.15, 0.2) is 11.5 Å². The summed E-state index contributed by atoms with van der Waals surface area (Å²) in [6, 6.07) is 12.3. The fraction of sp³-hybridized carbons (Fsp3) is 0.440. The molecular weight excluding hydrogens is 390 g/mol. The highest BCUT2D eigenvalue weighted by molar-refractivity contribution is 5.79. The molecule has 1 saturated carbocycles. The number of imidazole rings is 1. The molecule has 0 amide bonds. The Morgan fingerprint density at radius 3 is 2.71 bits per heavy atom. The third kappa shape index (κ3) is 3.04. The van der Waals surface area contributed by atoms with Gasteiger partial charge in [-0.25, -0.2) is 4.98 Å². The number of hydrogen-bond acceptors (Lipinski definition) is 5. The van der Waals surface area contributed by atoms with Crippen LogP contribution in [0.3, 0.4) is 0 Å². The Kier molecular flexibility index (Phi) is 4.32. The van der Waals surface area contributed by atoms with Crippen molar-refractivity contribution in [3.8, 4) is 34.1 Å². The fourth-order valence-corrected chi connectivity index (χ4v) is 5.58. The molecule has 6 heteroatoms. The Morgan fingerprint density at radius 1 is 1.03 bits per heavy atom. The normalized spacial score (nSPS) is 24.4. The fourth-order valence-electron chi connectivity index (χ4n) is 5.58. The van der Waals surface area contributed by atoms with Gasteiger partial charge in [-0.3, -0.25) is 4.98 Å². The van der Waals surface area contributed by atoms with E-state index < -0.39 is 0 Å². The molecule has 1 aromatic carbocycles. The number of pyridine rings is 1. The van der Waals surface area contributed by atoms with Crippen LogP contribution in [0.4, 0.5) is 0 Å². The zero-order valence-electron chi connectivity index (χ0n) is 17.8. The lowest BCUT2D eigenvalue weighted by Gasteiger charge is -2.41. The molecule has 1 fully saturated rings. The van der Waals surface area contributed by atoms with Crippen molar-refractivity contribution in [1.82, 2.24) is 14.5 Å². The first kappa shape index (κ1) is 18.9. The molecule has 6 nitrogen and oxygen atoms in total. The van der Waals surface area contributed by atoms with Gasteiger partial charge in [0.25, 0.3) is 0 Å². The summed E-state index contributed by atoms with van der Waals surface area (Å²) in [6.07, 6.45) is 5.77. The first-order valence-electron chi connectivity index (χ1n) is 11.3. The highest BCUT2D eigenvalue weighted by atomic mass is 16.7. The first-order chi connectivity index (χ1) is 15.1. The number of fused-ring (bicyclic) bond motifs is 3. The molecule has 160 valence electrons. The van der Waals surface area contributed by atoms with Crippen molar-refractivity contribution in [2.45, 2.75) is 63.5 Å². The second-order valence-corrected chi connectivity index (χ2v) is 9.13. The minimum atomic E-state index is -0.179. The summed E-state index contributed by atoms with van der Waals surface area (Å²) in [5, 5.41) is 10.1. The van der Waals surface area contributed by atoms with E-state index in [0.29, 0.717) is 0 Å². The molecular formula is C25H27N3O3. The molecule has 3 aromatic rings. The molecule has 31 heavy (non-hydrogen) atoms. The maximum atomic E-state index is 10.1. The predicted molar refractivity (Wildman–Crippen MR) is 117 cm³/mol. The molecule has 0 radical (unpaired) electrons. The van der Waals surface area contributed by atoms with Gasteiger partial charge in [0.1, 0.15) is 11.5 Å². The Hall–Kier alpha value is -2.86. The van der Waals surface area contributed by atoms with Crippen molar-refractivity contribution in [3.05, 3.63) is 47.9 Å². The summed E-state index contributed by atoms with van der Waals surface area (Å²) in [7, 11) is 0. The van der Waals surface area contributed by atoms with Crippen molar-refractivity contribution < 1.29 is 14.6 Å². The van der Waals surface area contributed by atoms with E-state index in [1.165, 1.54) is 0 Å². The summed E-state index contributed by atoms with van der Waals surface area (Å²) in [4.78, 5) is 10.1. The maximum absolute atomic E-state index is 10.1. The molecule has 3 aliphatic rings. The van der Waals surface area contributed by atoms with Gasteiger partial charge >= 0.3 is 0 Å². The van der Waals surface area contributed by atoms with Gasteiger partial charge < -0.3 is 19.1 Å². The average Bonchev–Trinajstić information content (AvgIpc) is 3.41. The number of hydrogen-bond donors (Lipinski definition) is 1. The highest BCUT2D eigenvalue weighted by Gasteiger charge is 2.43. The number of nitrogens with zero attached hydrogens (tertiary/aromatic N) is 3. The van der Waals surface area contributed by atoms with Crippen molar-refractivity contribution >= 4 is 0 Å². The predicted octanol–water partition coefficient (Wildman–Crippen LogP) is 4.62. The van der Waals surface area contributed by atoms with Crippen molar-refractivity contribution in [2.24, 2.45) is 0 Å². The van der Waals surface area contributed by atoms with Gasteiger partial charge in [-0.15, -0.1) is 0 Å². The Labute approximate surface area is 181 Å². The van der Waals surface area contributed by atoms with E-state index in [1.807, 2.05) is 25.1 Å². The van der Waals surface area contributed by atoms with E-state index in [0.717, 1.165) is 90.7 Å². The minimum Gasteiger partial charge on any atom is -0.454 e. The van der Waals surface area contributed by atoms with Crippen molar-refractivity contribution in [2.75, 3.05) is 6.79 Å². The Bertz CT molecular complexity index is 1140. The number of aromatic nitrogens is 3. The lowest BCUT2D eigenvalue weighted by Crippen LogP contribution is -2.39. The van der Waals surface area contributed by atoms with Crippen LogP contribution in [0.5, 0.6) is 11.5 Å². The molecule has 4 heterocycles. The third-order valence-corrected chi connectivity index (χ3v) is 7.17. The average molecular weight is 418 g/mol. The Balaban J connectivity index is 1.56. The minimum absolute atomic E-state index is 0.0463. The lowest BCUT2D eigenvalue weighted by atomic mass is 9.68. The molecule has 0 unspecified atom stereocenters. The Morgan fingerprint density at radius 2 is 1.87 bits per heavy atom. The number of aliphatic hydroxyl groups excluding tert-OH is 1. The molecule has 0 saturated heterocycles. The standard InChI is InChI=1S/C25H27N3O3/c1-16-4-2-5-19(26-16)22-23(17-6-7-20-21(14-17)31-15-30-20)28-13-3-10-25(24(28)27-22)11-8-18(29)9-12-25/h2,4-7,14,18,29H,3,8-13,15H2,1H3/t18-,25-. The van der Waals surface area contributed by atoms with Crippen LogP contribution in [0, 0.1) is 6.92 Å². The van der Waals surface area contributed by atoms with Gasteiger partial charge in [0.05, 0.1) is 17.5 Å². The van der Waals surface area contributed by atoms with Crippen LogP contribution in [-0.4, -0.2) is 32.5 Å². The monoisotopic (exact) mass is 417 g/mol. The summed E-state index contributed by atoms with van der Waals surface area (Å²) < 4.78 is 13.6. The zero-order valence-corrected chi connectivity index (χ0v) is 17.8. The summed E-state index contributed by atoms with van der Waals surface area (Å²) in [6.45, 7) is 3.23. The smallest absolute Gasteiger partial charge is 0.231 e. The number of rotatable bonds is 2. The largest absolute Gasteiger partial charge is 0.454 e. The summed E-state index contributed by atoms with van der Waals surface area (Å²) in [5.41, 5.74) is 5.05. The first-order valence-corrected chi connectivity index (χ1v) is 11.3. The third-order valence-electron chi connectivity index (χ3n) is 7.17. The molecule has 2 aromatic heterocycles. The number of benzene rings is 1. The van der Waals surface area contributed by atoms with Gasteiger partial charge in [0.2, 0.25) is 6.79 Å². The SMILES string of the molecule is Cc1cccc(-c2nc3n(c2-c2ccc4c(c2)OCO4)CCC[C@]32CC[C@@H](O)CC2)n1. The maximum Gasteiger partial charge on any atom is 0.231 e. The topological polar surface area (TPSA) is 69.4 Å². The van der Waals surface area contributed by atoms with E-state index in [9.17, 15) is 5.11 Å². The lowest BCUT2D eigenvalue weighted by molar-refractivity contribution is 0.0815. The van der Waals surface area contributed by atoms with E-state index in [2.05, 4.69) is 22.8 Å². The molecule has 2 aliphatic heterocycles. The van der Waals surface area contributed by atoms with Gasteiger partial charge in [0, 0.05) is 23.2 Å². The van der Waals surface area contributed by atoms with Crippen LogP contribution < -0.4 is 9.47 Å². The van der Waals surface area contributed by atoms with Crippen LogP contribution in [0.15, 0.2) is 36.4 Å². The van der Waals surface area contributed by atoms with Crippen LogP contribution in [0.1, 0.15) is 50.0 Å². The molecule has 0 bridgehead atoms. The summed E-state index contributed by atoms with van der Waals surface area (Å²) >= 11 is 0. The van der Waals surface area contributed by atoms with E-state index in [4.69, 9.17) is 19.4 Å². The second kappa shape index (κ2) is 7.09. The van der Waals surface area contributed by atoms with Gasteiger partial charge in [-0.2, -0.15) is 0 Å². The van der Waals surface area contributed by atoms with Crippen LogP contribution in [0.25, 0.3) is 22.6 Å². The van der Waals surface area contributed by atoms with Gasteiger partial charge in [-0.1, -0.05) is 6.07 Å². The quantitative estimate of drug-likeness (QED) is 0.659. The number of aliphatic hydroxyl groups is 1. The van der Waals surface area contributed by atoms with Crippen LogP contribution in [0.2, 0.25) is 0 Å². The molecule has 1 spiro atoms. The van der Waals surface area contributed by atoms with E-state index >= 15 is 0 Å². The zero-order chi connectivity index (χ0) is 21.0. The molecule has 1 aliphatic carbocycles. The van der Waals surface area contributed by atoms with Gasteiger partial charge in [-0.05, 0) is 75.8 Å². The molecule has 6 rings (SSSR count). The van der Waals surface area contributed by atoms with Crippen LogP contribution in [-0.2, 0) is 12.0 Å². The number of aryl methyl sites for hydroxylation is 1. The molecule has 0 atom stereocenters. The van der Waals surface area contributed by atoms with Crippen LogP contribution >= 0.6 is 0 Å². The van der Waals surface area contributed by atoms with E-state index in [1.54, 1.807) is 0 Å². The van der Waals surface area contributed by atoms with Crippen molar-refractivity contribution in [1.29, 1.82) is 0 Å². The summed E-state index contributed by atoms with van der Waals surface area (Å²) in [5.74, 6) is 2.73. The van der Waals surface area contributed by atoms with E-state index in [-0.39, 0.29) is 18.3 Å². The van der Waals surface area contributed by atoms with Crippen molar-refractivity contribution in [3.63, 3.8) is 0 Å². The highest BCUT2D eigenvalue weighted by Crippen LogP contribution is 2.49. The second-order valence-electron chi connectivity index (χ2n) is 9.13.